The molecule has 3 heterocycles. The van der Waals surface area contributed by atoms with E-state index in [0.717, 1.165) is 74.1 Å². The van der Waals surface area contributed by atoms with Gasteiger partial charge in [0.1, 0.15) is 18.1 Å². The molecular weight excluding hydrogens is 496 g/mol. The lowest BCUT2D eigenvalue weighted by Gasteiger charge is -2.38. The first kappa shape index (κ1) is 27.4. The number of benzene rings is 2. The van der Waals surface area contributed by atoms with Gasteiger partial charge < -0.3 is 29.2 Å². The van der Waals surface area contributed by atoms with Crippen molar-refractivity contribution in [3.05, 3.63) is 59.4 Å². The number of nitrogens with zero attached hydrogens (tertiary/aromatic N) is 4. The molecule has 1 fully saturated rings. The largest absolute Gasteiger partial charge is 0.497 e. The number of fused-ring (bicyclic) bond motifs is 1. The zero-order valence-electron chi connectivity index (χ0n) is 23.1. The molecule has 0 unspecified atom stereocenters. The van der Waals surface area contributed by atoms with Crippen LogP contribution in [0.4, 0.5) is 5.69 Å². The van der Waals surface area contributed by atoms with Crippen LogP contribution < -0.4 is 19.7 Å². The lowest BCUT2D eigenvalue weighted by atomic mass is 9.81. The van der Waals surface area contributed by atoms with Crippen LogP contribution in [0, 0.1) is 0 Å². The number of hydrogen-bond donors (Lipinski definition) is 2. The molecule has 210 valence electrons. The first-order valence-corrected chi connectivity index (χ1v) is 13.9. The molecule has 1 saturated heterocycles. The van der Waals surface area contributed by atoms with Gasteiger partial charge in [-0.15, -0.1) is 10.2 Å². The highest BCUT2D eigenvalue weighted by Crippen LogP contribution is 2.36. The number of aromatic nitrogens is 4. The van der Waals surface area contributed by atoms with Crippen LogP contribution in [0.25, 0.3) is 0 Å². The zero-order chi connectivity index (χ0) is 27.0. The Bertz CT molecular complexity index is 1160. The number of hydrogen-bond acceptors (Lipinski definition) is 9. The Morgan fingerprint density at radius 2 is 2.03 bits per heavy atom. The normalized spacial score (nSPS) is 21.7. The molecule has 2 aliphatic rings. The molecule has 0 bridgehead atoms. The molecule has 2 aliphatic heterocycles. The van der Waals surface area contributed by atoms with Crippen LogP contribution in [0.1, 0.15) is 55.0 Å². The quantitative estimate of drug-likeness (QED) is 0.335. The van der Waals surface area contributed by atoms with Gasteiger partial charge in [0, 0.05) is 44.7 Å². The van der Waals surface area contributed by atoms with Crippen LogP contribution in [0.5, 0.6) is 11.5 Å². The van der Waals surface area contributed by atoms with Gasteiger partial charge in [-0.1, -0.05) is 30.3 Å². The van der Waals surface area contributed by atoms with Gasteiger partial charge in [-0.05, 0) is 54.7 Å². The molecule has 10 nitrogen and oxygen atoms in total. The highest BCUT2D eigenvalue weighted by Gasteiger charge is 2.33. The van der Waals surface area contributed by atoms with Crippen molar-refractivity contribution in [1.29, 1.82) is 0 Å². The highest BCUT2D eigenvalue weighted by atomic mass is 16.5. The maximum atomic E-state index is 6.63. The van der Waals surface area contributed by atoms with Crippen LogP contribution in [0.3, 0.4) is 0 Å². The number of ether oxygens (including phenoxy) is 4. The van der Waals surface area contributed by atoms with E-state index in [2.05, 4.69) is 68.1 Å². The third-order valence-electron chi connectivity index (χ3n) is 7.80. The Labute approximate surface area is 230 Å². The zero-order valence-corrected chi connectivity index (χ0v) is 23.1. The number of tetrazole rings is 1. The molecule has 1 aromatic heterocycles. The number of nitrogens with one attached hydrogen (secondary N) is 2. The Morgan fingerprint density at radius 3 is 2.79 bits per heavy atom. The lowest BCUT2D eigenvalue weighted by molar-refractivity contribution is 0.00180. The summed E-state index contributed by atoms with van der Waals surface area (Å²) in [6.07, 6.45) is 2.92. The average Bonchev–Trinajstić information content (AvgIpc) is 3.52. The fraction of sp³-hybridized carbons (Fsp3) is 0.552. The van der Waals surface area contributed by atoms with Gasteiger partial charge in [-0.3, -0.25) is 0 Å². The lowest BCUT2D eigenvalue weighted by Crippen LogP contribution is -2.47. The smallest absolute Gasteiger partial charge is 0.177 e. The number of H-pyrrole nitrogens is 1. The molecular formula is C29H40N6O4. The fourth-order valence-electron chi connectivity index (χ4n) is 5.68. The van der Waals surface area contributed by atoms with Crippen molar-refractivity contribution in [2.45, 2.75) is 56.8 Å². The third-order valence-corrected chi connectivity index (χ3v) is 7.80. The van der Waals surface area contributed by atoms with E-state index in [1.165, 1.54) is 5.56 Å². The minimum absolute atomic E-state index is 0.0419. The predicted molar refractivity (Wildman–Crippen MR) is 149 cm³/mol. The van der Waals surface area contributed by atoms with Crippen molar-refractivity contribution >= 4 is 5.69 Å². The summed E-state index contributed by atoms with van der Waals surface area (Å²) in [6.45, 7) is 6.77. The van der Waals surface area contributed by atoms with Crippen LogP contribution in [-0.4, -0.2) is 79.8 Å². The van der Waals surface area contributed by atoms with Crippen molar-refractivity contribution in [2.75, 3.05) is 52.0 Å². The van der Waals surface area contributed by atoms with Crippen molar-refractivity contribution in [3.8, 4) is 11.5 Å². The summed E-state index contributed by atoms with van der Waals surface area (Å²) in [5.74, 6) is 3.02. The van der Waals surface area contributed by atoms with Gasteiger partial charge in [0.25, 0.3) is 0 Å². The second-order valence-corrected chi connectivity index (χ2v) is 10.5. The molecule has 0 radical (unpaired) electrons. The number of rotatable bonds is 12. The van der Waals surface area contributed by atoms with E-state index in [-0.39, 0.29) is 17.9 Å². The summed E-state index contributed by atoms with van der Waals surface area (Å²) in [5, 5.41) is 18.4. The van der Waals surface area contributed by atoms with Gasteiger partial charge in [0.2, 0.25) is 0 Å². The first-order chi connectivity index (χ1) is 19.1. The molecule has 3 aromatic rings. The van der Waals surface area contributed by atoms with Gasteiger partial charge in [0.05, 0.1) is 32.1 Å². The van der Waals surface area contributed by atoms with Crippen molar-refractivity contribution < 1.29 is 18.9 Å². The minimum atomic E-state index is 0.0419. The maximum Gasteiger partial charge on any atom is 0.177 e. The molecule has 4 atom stereocenters. The maximum absolute atomic E-state index is 6.63. The number of piperidine rings is 1. The Balaban J connectivity index is 1.27. The third kappa shape index (κ3) is 6.87. The molecule has 0 spiro atoms. The van der Waals surface area contributed by atoms with E-state index >= 15 is 0 Å². The van der Waals surface area contributed by atoms with E-state index in [1.54, 1.807) is 14.2 Å². The predicted octanol–water partition coefficient (Wildman–Crippen LogP) is 3.67. The van der Waals surface area contributed by atoms with Gasteiger partial charge in [0.15, 0.2) is 5.82 Å². The van der Waals surface area contributed by atoms with Crippen LogP contribution in [0.15, 0.2) is 42.5 Å². The molecule has 0 aliphatic carbocycles. The second-order valence-electron chi connectivity index (χ2n) is 10.5. The summed E-state index contributed by atoms with van der Waals surface area (Å²) < 4.78 is 23.2. The van der Waals surface area contributed by atoms with E-state index in [4.69, 9.17) is 18.9 Å². The Morgan fingerprint density at radius 1 is 1.15 bits per heavy atom. The van der Waals surface area contributed by atoms with Crippen molar-refractivity contribution in [2.24, 2.45) is 0 Å². The van der Waals surface area contributed by atoms with Crippen molar-refractivity contribution in [1.82, 2.24) is 25.9 Å². The van der Waals surface area contributed by atoms with Crippen LogP contribution in [0.2, 0.25) is 0 Å². The SMILES string of the molecule is COCCCN1CCOc2ccc(CO[C@H]3CN[C@@H](C[C@H](C)c4nn[nH]n4)C[C@@H]3c3ccc(OC)cc3)cc21. The minimum Gasteiger partial charge on any atom is -0.497 e. The Hall–Kier alpha value is -3.21. The van der Waals surface area contributed by atoms with Gasteiger partial charge in [-0.25, -0.2) is 0 Å². The molecule has 10 heteroatoms. The molecule has 0 saturated carbocycles. The standard InChI is InChI=1S/C29H40N6O4/c1-20(29-31-33-34-32-29)15-23-17-25(22-6-8-24(37-3)9-7-22)28(18-30-23)39-19-21-5-10-27-26(16-21)35(12-14-38-27)11-4-13-36-2/h5-10,16,20,23,25,28,30H,4,11-15,17-19H2,1-3H3,(H,31,32,33,34)/t20-,23-,25+,28-/m0/s1. The summed E-state index contributed by atoms with van der Waals surface area (Å²) in [5.41, 5.74) is 3.56. The fourth-order valence-corrected chi connectivity index (χ4v) is 5.68. The molecule has 5 rings (SSSR count). The second kappa shape index (κ2) is 13.2. The number of anilines is 1. The van der Waals surface area contributed by atoms with E-state index < -0.39 is 0 Å². The number of aromatic amines is 1. The molecule has 39 heavy (non-hydrogen) atoms. The van der Waals surface area contributed by atoms with Crippen LogP contribution in [-0.2, 0) is 16.1 Å². The van der Waals surface area contributed by atoms with E-state index in [9.17, 15) is 0 Å². The first-order valence-electron chi connectivity index (χ1n) is 13.9. The monoisotopic (exact) mass is 536 g/mol. The van der Waals surface area contributed by atoms with E-state index in [1.807, 2.05) is 12.1 Å². The Kier molecular flexibility index (Phi) is 9.28. The molecule has 2 N–H and O–H groups in total. The highest BCUT2D eigenvalue weighted by molar-refractivity contribution is 5.61. The van der Waals surface area contributed by atoms with E-state index in [0.29, 0.717) is 19.3 Å². The van der Waals surface area contributed by atoms with Gasteiger partial charge >= 0.3 is 0 Å². The number of methoxy groups -OCH3 is 2. The molecule has 0 amide bonds. The topological polar surface area (TPSA) is 107 Å². The molecule has 2 aromatic carbocycles. The average molecular weight is 537 g/mol. The summed E-state index contributed by atoms with van der Waals surface area (Å²) in [4.78, 5) is 2.39. The van der Waals surface area contributed by atoms with Gasteiger partial charge in [-0.2, -0.15) is 5.21 Å². The van der Waals surface area contributed by atoms with Crippen LogP contribution >= 0.6 is 0 Å². The van der Waals surface area contributed by atoms with Crippen molar-refractivity contribution in [3.63, 3.8) is 0 Å². The summed E-state index contributed by atoms with van der Waals surface area (Å²) in [7, 11) is 3.45. The summed E-state index contributed by atoms with van der Waals surface area (Å²) >= 11 is 0. The summed E-state index contributed by atoms with van der Waals surface area (Å²) in [6, 6.07) is 15.1.